The summed E-state index contributed by atoms with van der Waals surface area (Å²) in [6.45, 7) is 0. The van der Waals surface area contributed by atoms with Gasteiger partial charge < -0.3 is 10.2 Å². The van der Waals surface area contributed by atoms with Crippen molar-refractivity contribution in [3.8, 4) is 0 Å². The zero-order valence-electron chi connectivity index (χ0n) is 16.6. The van der Waals surface area contributed by atoms with Gasteiger partial charge in [0.1, 0.15) is 0 Å². The minimum atomic E-state index is -3.85. The number of rotatable bonds is 6. The van der Waals surface area contributed by atoms with E-state index in [-0.39, 0.29) is 17.7 Å². The third-order valence-corrected chi connectivity index (χ3v) is 6.56. The molecule has 0 heterocycles. The van der Waals surface area contributed by atoms with Gasteiger partial charge in [-0.2, -0.15) is 0 Å². The molecule has 1 aliphatic carbocycles. The minimum absolute atomic E-state index is 0.175. The first-order valence-electron chi connectivity index (χ1n) is 9.52. The molecule has 6 nitrogen and oxygen atoms in total. The summed E-state index contributed by atoms with van der Waals surface area (Å²) in [6, 6.07) is 16.8. The van der Waals surface area contributed by atoms with Crippen LogP contribution >= 0.6 is 0 Å². The second-order valence-corrected chi connectivity index (χ2v) is 9.28. The number of sulfonamides is 1. The van der Waals surface area contributed by atoms with Crippen molar-refractivity contribution < 1.29 is 17.6 Å². The number of carbonyl (C=O) groups excluding carboxylic acids is 1. The van der Waals surface area contributed by atoms with Crippen LogP contribution in [-0.4, -0.2) is 34.1 Å². The molecule has 30 heavy (non-hydrogen) atoms. The number of amides is 1. The van der Waals surface area contributed by atoms with Crippen molar-refractivity contribution in [2.45, 2.75) is 23.4 Å². The summed E-state index contributed by atoms with van der Waals surface area (Å²) >= 11 is 0. The van der Waals surface area contributed by atoms with E-state index in [1.54, 1.807) is 18.2 Å². The fraction of sp³-hybridized carbons (Fsp3) is 0.227. The number of fused-ring (bicyclic) bond motifs is 1. The number of benzene rings is 3. The highest BCUT2D eigenvalue weighted by Gasteiger charge is 2.50. The summed E-state index contributed by atoms with van der Waals surface area (Å²) in [5.41, 5.74) is -0.0891. The first-order chi connectivity index (χ1) is 14.2. The van der Waals surface area contributed by atoms with E-state index in [0.29, 0.717) is 16.8 Å². The van der Waals surface area contributed by atoms with Crippen LogP contribution in [0, 0.1) is 0 Å². The van der Waals surface area contributed by atoms with Crippen molar-refractivity contribution in [2.75, 3.05) is 29.0 Å². The molecule has 1 aliphatic rings. The Kier molecular flexibility index (Phi) is 4.89. The molecule has 1 fully saturated rings. The molecule has 156 valence electrons. The minimum Gasteiger partial charge on any atom is -0.377 e. The van der Waals surface area contributed by atoms with E-state index in [4.69, 9.17) is 0 Å². The number of nitrogens with one attached hydrogen (secondary N) is 2. The lowest BCUT2D eigenvalue weighted by Crippen LogP contribution is -2.25. The molecule has 0 aliphatic heterocycles. The molecule has 0 saturated heterocycles. The second-order valence-electron chi connectivity index (χ2n) is 7.63. The van der Waals surface area contributed by atoms with Crippen LogP contribution < -0.4 is 14.9 Å². The van der Waals surface area contributed by atoms with Crippen molar-refractivity contribution >= 4 is 43.8 Å². The van der Waals surface area contributed by atoms with Gasteiger partial charge in [0.15, 0.2) is 5.67 Å². The smallest absolute Gasteiger partial charge is 0.262 e. The van der Waals surface area contributed by atoms with Crippen LogP contribution in [0.5, 0.6) is 0 Å². The summed E-state index contributed by atoms with van der Waals surface area (Å²) < 4.78 is 42.4. The van der Waals surface area contributed by atoms with Gasteiger partial charge in [0, 0.05) is 41.9 Å². The number of halogens is 1. The Labute approximate surface area is 174 Å². The molecule has 4 rings (SSSR count). The number of carbonyl (C=O) groups is 1. The van der Waals surface area contributed by atoms with E-state index < -0.39 is 21.6 Å². The molecule has 1 saturated carbocycles. The number of nitrogens with zero attached hydrogens (tertiary/aromatic N) is 1. The number of alkyl halides is 1. The molecule has 8 heteroatoms. The molecular formula is C22H22FN3O3S. The van der Waals surface area contributed by atoms with Gasteiger partial charge in [0.05, 0.1) is 4.90 Å². The standard InChI is InChI=1S/C22H22FN3O3S/c1-26(2)19-7-3-6-18-17(19)5-4-8-20(18)30(28,29)25-16-11-9-15(10-12-16)24-21(27)22(23)13-14-22/h3-12,25H,13-14H2,1-2H3,(H,24,27). The van der Waals surface area contributed by atoms with Crippen molar-refractivity contribution in [3.05, 3.63) is 60.7 Å². The molecular weight excluding hydrogens is 405 g/mol. The molecule has 0 aromatic heterocycles. The van der Waals surface area contributed by atoms with E-state index >= 15 is 0 Å². The highest BCUT2D eigenvalue weighted by molar-refractivity contribution is 7.93. The summed E-state index contributed by atoms with van der Waals surface area (Å²) in [7, 11) is -0.0369. The number of anilines is 3. The topological polar surface area (TPSA) is 78.5 Å². The Bertz CT molecular complexity index is 1220. The highest BCUT2D eigenvalue weighted by Crippen LogP contribution is 2.40. The van der Waals surface area contributed by atoms with Crippen LogP contribution in [0.1, 0.15) is 12.8 Å². The Morgan fingerprint density at radius 2 is 1.53 bits per heavy atom. The van der Waals surface area contributed by atoms with Crippen molar-refractivity contribution in [2.24, 2.45) is 0 Å². The lowest BCUT2D eigenvalue weighted by atomic mass is 10.1. The molecule has 1 amide bonds. The Morgan fingerprint density at radius 3 is 2.17 bits per heavy atom. The Morgan fingerprint density at radius 1 is 0.933 bits per heavy atom. The fourth-order valence-electron chi connectivity index (χ4n) is 3.30. The maximum absolute atomic E-state index is 13.8. The molecule has 0 atom stereocenters. The lowest BCUT2D eigenvalue weighted by molar-refractivity contribution is -0.122. The Balaban J connectivity index is 1.59. The van der Waals surface area contributed by atoms with Crippen molar-refractivity contribution in [1.82, 2.24) is 0 Å². The predicted octanol–water partition coefficient (Wildman–Crippen LogP) is 4.15. The van der Waals surface area contributed by atoms with Crippen LogP contribution in [0.15, 0.2) is 65.6 Å². The van der Waals surface area contributed by atoms with Crippen LogP contribution in [0.3, 0.4) is 0 Å². The van der Waals surface area contributed by atoms with Gasteiger partial charge in [0.25, 0.3) is 15.9 Å². The Hall–Kier alpha value is -3.13. The normalized spacial score (nSPS) is 14.9. The van der Waals surface area contributed by atoms with Crippen LogP contribution in [-0.2, 0) is 14.8 Å². The first-order valence-corrected chi connectivity index (χ1v) is 11.0. The molecule has 3 aromatic rings. The maximum Gasteiger partial charge on any atom is 0.262 e. The zero-order chi connectivity index (χ0) is 21.5. The zero-order valence-corrected chi connectivity index (χ0v) is 17.5. The van der Waals surface area contributed by atoms with Crippen LogP contribution in [0.25, 0.3) is 10.8 Å². The average Bonchev–Trinajstić information content (AvgIpc) is 3.47. The van der Waals surface area contributed by atoms with Crippen molar-refractivity contribution in [3.63, 3.8) is 0 Å². The highest BCUT2D eigenvalue weighted by atomic mass is 32.2. The molecule has 2 N–H and O–H groups in total. The third-order valence-electron chi connectivity index (χ3n) is 5.12. The van der Waals surface area contributed by atoms with Crippen LogP contribution in [0.2, 0.25) is 0 Å². The fourth-order valence-corrected chi connectivity index (χ4v) is 4.58. The summed E-state index contributed by atoms with van der Waals surface area (Å²) in [5.74, 6) is -0.664. The van der Waals surface area contributed by atoms with Gasteiger partial charge in [-0.3, -0.25) is 9.52 Å². The van der Waals surface area contributed by atoms with Gasteiger partial charge >= 0.3 is 0 Å². The second kappa shape index (κ2) is 7.28. The molecule has 0 bridgehead atoms. The van der Waals surface area contributed by atoms with Gasteiger partial charge in [-0.25, -0.2) is 12.8 Å². The molecule has 0 radical (unpaired) electrons. The van der Waals surface area contributed by atoms with E-state index in [1.165, 1.54) is 24.3 Å². The summed E-state index contributed by atoms with van der Waals surface area (Å²) in [5, 5.41) is 3.97. The van der Waals surface area contributed by atoms with E-state index in [9.17, 15) is 17.6 Å². The molecule has 3 aromatic carbocycles. The van der Waals surface area contributed by atoms with E-state index in [0.717, 1.165) is 11.1 Å². The first kappa shape index (κ1) is 20.2. The molecule has 0 unspecified atom stereocenters. The lowest BCUT2D eigenvalue weighted by Gasteiger charge is -2.17. The monoisotopic (exact) mass is 427 g/mol. The van der Waals surface area contributed by atoms with Gasteiger partial charge in [-0.1, -0.05) is 24.3 Å². The van der Waals surface area contributed by atoms with Gasteiger partial charge in [0.2, 0.25) is 0 Å². The predicted molar refractivity (Wildman–Crippen MR) is 117 cm³/mol. The van der Waals surface area contributed by atoms with Gasteiger partial charge in [-0.05, 0) is 49.2 Å². The summed E-state index contributed by atoms with van der Waals surface area (Å²) in [4.78, 5) is 13.9. The van der Waals surface area contributed by atoms with E-state index in [2.05, 4.69) is 10.0 Å². The van der Waals surface area contributed by atoms with Crippen molar-refractivity contribution in [1.29, 1.82) is 0 Å². The number of hydrogen-bond donors (Lipinski definition) is 2. The SMILES string of the molecule is CN(C)c1cccc2c(S(=O)(=O)Nc3ccc(NC(=O)C4(F)CC4)cc3)cccc12. The maximum atomic E-state index is 13.8. The van der Waals surface area contributed by atoms with Gasteiger partial charge in [-0.15, -0.1) is 0 Å². The largest absolute Gasteiger partial charge is 0.377 e. The quantitative estimate of drug-likeness (QED) is 0.620. The average molecular weight is 428 g/mol. The third kappa shape index (κ3) is 3.82. The molecule has 0 spiro atoms. The number of hydrogen-bond acceptors (Lipinski definition) is 4. The van der Waals surface area contributed by atoms with E-state index in [1.807, 2.05) is 37.2 Å². The summed E-state index contributed by atoms with van der Waals surface area (Å²) in [6.07, 6.45) is 0.467. The van der Waals surface area contributed by atoms with Crippen LogP contribution in [0.4, 0.5) is 21.5 Å².